The second-order valence-electron chi connectivity index (χ2n) is 7.68. The fourth-order valence-corrected chi connectivity index (χ4v) is 4.33. The fourth-order valence-electron chi connectivity index (χ4n) is 4.33. The van der Waals surface area contributed by atoms with E-state index in [1.54, 1.807) is 12.3 Å². The van der Waals surface area contributed by atoms with Gasteiger partial charge in [-0.15, -0.1) is 0 Å². The van der Waals surface area contributed by atoms with Crippen molar-refractivity contribution in [3.05, 3.63) is 23.7 Å². The van der Waals surface area contributed by atoms with Crippen LogP contribution in [0.4, 0.5) is 0 Å². The molecule has 0 bridgehead atoms. The minimum absolute atomic E-state index is 0.0156. The van der Waals surface area contributed by atoms with Crippen LogP contribution in [0.1, 0.15) is 73.4 Å². The molecule has 0 radical (unpaired) electrons. The summed E-state index contributed by atoms with van der Waals surface area (Å²) in [6.45, 7) is 1.93. The molecule has 5 nitrogen and oxygen atoms in total. The number of hydrogen-bond donors (Lipinski definition) is 2. The molecule has 2 aliphatic carbocycles. The first-order valence-corrected chi connectivity index (χ1v) is 9.52. The van der Waals surface area contributed by atoms with Gasteiger partial charge in [0.2, 0.25) is 0 Å². The van der Waals surface area contributed by atoms with Crippen LogP contribution in [0.25, 0.3) is 0 Å². The Hall–Kier alpha value is -1.33. The highest BCUT2D eigenvalue weighted by molar-refractivity contribution is 5.95. The van der Waals surface area contributed by atoms with E-state index < -0.39 is 0 Å². The summed E-state index contributed by atoms with van der Waals surface area (Å²) in [6.07, 6.45) is 10.1. The second kappa shape index (κ2) is 6.89. The van der Waals surface area contributed by atoms with Crippen molar-refractivity contribution in [3.8, 4) is 0 Å². The van der Waals surface area contributed by atoms with Gasteiger partial charge in [-0.05, 0) is 44.6 Å². The van der Waals surface area contributed by atoms with E-state index in [1.807, 2.05) is 0 Å². The molecule has 132 valence electrons. The molecule has 3 fully saturated rings. The predicted octanol–water partition coefficient (Wildman–Crippen LogP) is 2.65. The van der Waals surface area contributed by atoms with E-state index in [1.165, 1.54) is 6.42 Å². The van der Waals surface area contributed by atoms with Crippen molar-refractivity contribution in [1.29, 1.82) is 0 Å². The number of carbonyl (C=O) groups is 1. The predicted molar refractivity (Wildman–Crippen MR) is 91.0 cm³/mol. The molecule has 0 aromatic carbocycles. The molecule has 3 aliphatic rings. The Morgan fingerprint density at radius 2 is 1.88 bits per heavy atom. The molecule has 2 saturated carbocycles. The van der Waals surface area contributed by atoms with E-state index in [-0.39, 0.29) is 18.1 Å². The number of likely N-dealkylation sites (tertiary alicyclic amines) is 1. The van der Waals surface area contributed by atoms with Gasteiger partial charge in [-0.1, -0.05) is 12.8 Å². The van der Waals surface area contributed by atoms with Gasteiger partial charge in [0.25, 0.3) is 5.91 Å². The molecular weight excluding hydrogens is 304 g/mol. The van der Waals surface area contributed by atoms with E-state index in [0.717, 1.165) is 69.4 Å². The molecule has 1 aromatic rings. The molecule has 0 unspecified atom stereocenters. The zero-order valence-electron chi connectivity index (χ0n) is 14.2. The van der Waals surface area contributed by atoms with E-state index in [4.69, 9.17) is 4.42 Å². The summed E-state index contributed by atoms with van der Waals surface area (Å²) in [5.74, 6) is 1.34. The summed E-state index contributed by atoms with van der Waals surface area (Å²) in [7, 11) is 0. The topological polar surface area (TPSA) is 65.7 Å². The third kappa shape index (κ3) is 3.38. The highest BCUT2D eigenvalue weighted by Crippen LogP contribution is 2.42. The summed E-state index contributed by atoms with van der Waals surface area (Å²) in [4.78, 5) is 15.0. The summed E-state index contributed by atoms with van der Waals surface area (Å²) in [6, 6.07) is 2.36. The van der Waals surface area contributed by atoms with Crippen molar-refractivity contribution in [1.82, 2.24) is 10.2 Å². The van der Waals surface area contributed by atoms with Crippen LogP contribution < -0.4 is 5.32 Å². The monoisotopic (exact) mass is 332 g/mol. The van der Waals surface area contributed by atoms with Gasteiger partial charge in [0.05, 0.1) is 17.9 Å². The molecule has 2 N–H and O–H groups in total. The SMILES string of the molecule is O=C(NC1CCN([C@@H]2CCCC[C@H]2O)CC1)c1ccoc1C1CC1. The Bertz CT molecular complexity index is 573. The zero-order valence-corrected chi connectivity index (χ0v) is 14.2. The molecular formula is C19H28N2O3. The Labute approximate surface area is 143 Å². The molecule has 24 heavy (non-hydrogen) atoms. The van der Waals surface area contributed by atoms with E-state index in [0.29, 0.717) is 12.0 Å². The largest absolute Gasteiger partial charge is 0.468 e. The number of aliphatic hydroxyl groups is 1. The van der Waals surface area contributed by atoms with Crippen LogP contribution in [-0.2, 0) is 0 Å². The molecule has 1 saturated heterocycles. The van der Waals surface area contributed by atoms with Gasteiger partial charge in [0, 0.05) is 31.1 Å². The number of hydrogen-bond acceptors (Lipinski definition) is 4. The van der Waals surface area contributed by atoms with Crippen molar-refractivity contribution in [2.45, 2.75) is 75.5 Å². The molecule has 4 rings (SSSR count). The lowest BCUT2D eigenvalue weighted by molar-refractivity contribution is 0.00727. The van der Waals surface area contributed by atoms with Crippen LogP contribution in [0.3, 0.4) is 0 Å². The van der Waals surface area contributed by atoms with Crippen LogP contribution >= 0.6 is 0 Å². The number of nitrogens with one attached hydrogen (secondary N) is 1. The highest BCUT2D eigenvalue weighted by Gasteiger charge is 2.34. The normalized spacial score (nSPS) is 29.5. The fraction of sp³-hybridized carbons (Fsp3) is 0.737. The van der Waals surface area contributed by atoms with Crippen molar-refractivity contribution >= 4 is 5.91 Å². The summed E-state index contributed by atoms with van der Waals surface area (Å²) < 4.78 is 5.51. The van der Waals surface area contributed by atoms with Gasteiger partial charge in [-0.25, -0.2) is 0 Å². The summed E-state index contributed by atoms with van der Waals surface area (Å²) in [5.41, 5.74) is 0.725. The van der Waals surface area contributed by atoms with Crippen LogP contribution in [0, 0.1) is 0 Å². The lowest BCUT2D eigenvalue weighted by Crippen LogP contribution is -2.52. The number of piperidine rings is 1. The quantitative estimate of drug-likeness (QED) is 0.890. The van der Waals surface area contributed by atoms with Crippen molar-refractivity contribution in [2.24, 2.45) is 0 Å². The number of aliphatic hydroxyl groups excluding tert-OH is 1. The molecule has 1 amide bonds. The Morgan fingerprint density at radius 1 is 1.12 bits per heavy atom. The minimum Gasteiger partial charge on any atom is -0.468 e. The lowest BCUT2D eigenvalue weighted by Gasteiger charge is -2.41. The van der Waals surface area contributed by atoms with Crippen molar-refractivity contribution < 1.29 is 14.3 Å². The average Bonchev–Trinajstić information content (AvgIpc) is 3.32. The van der Waals surface area contributed by atoms with Crippen LogP contribution in [0.15, 0.2) is 16.7 Å². The molecule has 1 aromatic heterocycles. The summed E-state index contributed by atoms with van der Waals surface area (Å²) in [5, 5.41) is 13.4. The number of nitrogens with zero attached hydrogens (tertiary/aromatic N) is 1. The zero-order chi connectivity index (χ0) is 16.5. The maximum Gasteiger partial charge on any atom is 0.255 e. The van der Waals surface area contributed by atoms with Crippen LogP contribution in [0.5, 0.6) is 0 Å². The molecule has 0 spiro atoms. The van der Waals surface area contributed by atoms with Gasteiger partial charge in [-0.3, -0.25) is 9.69 Å². The molecule has 5 heteroatoms. The Balaban J connectivity index is 1.30. The van der Waals surface area contributed by atoms with Crippen LogP contribution in [0.2, 0.25) is 0 Å². The third-order valence-electron chi connectivity index (χ3n) is 5.92. The molecule has 2 heterocycles. The van der Waals surface area contributed by atoms with E-state index in [2.05, 4.69) is 10.2 Å². The standard InChI is InChI=1S/C19H28N2O3/c22-17-4-2-1-3-16(17)21-10-7-14(8-11-21)20-19(23)15-9-12-24-18(15)13-5-6-13/h9,12-14,16-17,22H,1-8,10-11H2,(H,20,23)/t16-,17-/m1/s1. The van der Waals surface area contributed by atoms with Gasteiger partial charge in [-0.2, -0.15) is 0 Å². The maximum atomic E-state index is 12.5. The van der Waals surface area contributed by atoms with Gasteiger partial charge in [0.15, 0.2) is 0 Å². The number of furan rings is 1. The first kappa shape index (κ1) is 16.2. The molecule has 2 atom stereocenters. The smallest absolute Gasteiger partial charge is 0.255 e. The number of amides is 1. The highest BCUT2D eigenvalue weighted by atomic mass is 16.3. The Kier molecular flexibility index (Phi) is 4.63. The van der Waals surface area contributed by atoms with Gasteiger partial charge >= 0.3 is 0 Å². The van der Waals surface area contributed by atoms with E-state index in [9.17, 15) is 9.90 Å². The van der Waals surface area contributed by atoms with Crippen molar-refractivity contribution in [2.75, 3.05) is 13.1 Å². The van der Waals surface area contributed by atoms with Crippen molar-refractivity contribution in [3.63, 3.8) is 0 Å². The van der Waals surface area contributed by atoms with Gasteiger partial charge < -0.3 is 14.8 Å². The van der Waals surface area contributed by atoms with E-state index >= 15 is 0 Å². The van der Waals surface area contributed by atoms with Crippen LogP contribution in [-0.4, -0.2) is 47.2 Å². The maximum absolute atomic E-state index is 12.5. The third-order valence-corrected chi connectivity index (χ3v) is 5.92. The molecule has 1 aliphatic heterocycles. The van der Waals surface area contributed by atoms with Gasteiger partial charge in [0.1, 0.15) is 5.76 Å². The first-order valence-electron chi connectivity index (χ1n) is 9.52. The number of carbonyl (C=O) groups excluding carboxylic acids is 1. The average molecular weight is 332 g/mol. The first-order chi connectivity index (χ1) is 11.7. The Morgan fingerprint density at radius 3 is 2.58 bits per heavy atom. The summed E-state index contributed by atoms with van der Waals surface area (Å²) >= 11 is 0. The number of rotatable bonds is 4. The second-order valence-corrected chi connectivity index (χ2v) is 7.68. The lowest BCUT2D eigenvalue weighted by atomic mass is 9.89. The minimum atomic E-state index is -0.170.